The number of methoxy groups -OCH3 is 1. The largest absolute Gasteiger partial charge is 0.495 e. The number of aryl methyl sites for hydroxylation is 1. The van der Waals surface area contributed by atoms with Gasteiger partial charge >= 0.3 is 5.97 Å². The normalized spacial score (nSPS) is 16.2. The van der Waals surface area contributed by atoms with Gasteiger partial charge in [0.1, 0.15) is 5.75 Å². The Morgan fingerprint density at radius 3 is 2.68 bits per heavy atom. The lowest BCUT2D eigenvalue weighted by Crippen LogP contribution is -2.28. The van der Waals surface area contributed by atoms with Crippen LogP contribution < -0.4 is 15.0 Å². The van der Waals surface area contributed by atoms with Gasteiger partial charge in [0.2, 0.25) is 11.8 Å². The number of aromatic carboxylic acids is 1. The number of anilines is 2. The first-order chi connectivity index (χ1) is 13.3. The molecule has 28 heavy (non-hydrogen) atoms. The number of carboxylic acid groups (broad SMARTS) is 1. The monoisotopic (exact) mass is 494 g/mol. The van der Waals surface area contributed by atoms with Crippen LogP contribution in [0.1, 0.15) is 22.3 Å². The zero-order valence-corrected chi connectivity index (χ0v) is 17.5. The van der Waals surface area contributed by atoms with Crippen molar-refractivity contribution in [1.82, 2.24) is 0 Å². The molecule has 1 heterocycles. The van der Waals surface area contributed by atoms with Crippen LogP contribution >= 0.6 is 22.6 Å². The molecule has 0 spiro atoms. The maximum atomic E-state index is 12.7. The molecule has 2 aromatic carbocycles. The Hall–Kier alpha value is -2.62. The van der Waals surface area contributed by atoms with Crippen molar-refractivity contribution in [3.8, 4) is 5.75 Å². The number of hydrogen-bond acceptors (Lipinski definition) is 4. The van der Waals surface area contributed by atoms with Crippen LogP contribution in [0.2, 0.25) is 0 Å². The second-order valence-electron chi connectivity index (χ2n) is 6.57. The Bertz CT molecular complexity index is 960. The molecule has 2 N–H and O–H groups in total. The number of halogens is 1. The van der Waals surface area contributed by atoms with Gasteiger partial charge < -0.3 is 20.1 Å². The number of carboxylic acids is 1. The molecule has 1 atom stereocenters. The highest BCUT2D eigenvalue weighted by molar-refractivity contribution is 14.1. The third-order valence-electron chi connectivity index (χ3n) is 4.59. The average molecular weight is 494 g/mol. The average Bonchev–Trinajstić information content (AvgIpc) is 3.04. The van der Waals surface area contributed by atoms with Crippen molar-refractivity contribution >= 4 is 51.7 Å². The van der Waals surface area contributed by atoms with Gasteiger partial charge in [-0.3, -0.25) is 9.59 Å². The fourth-order valence-electron chi connectivity index (χ4n) is 3.16. The first-order valence-corrected chi connectivity index (χ1v) is 9.66. The van der Waals surface area contributed by atoms with Crippen LogP contribution in [-0.2, 0) is 9.59 Å². The number of amides is 2. The molecule has 0 saturated carbocycles. The smallest absolute Gasteiger partial charge is 0.337 e. The minimum Gasteiger partial charge on any atom is -0.495 e. The third-order valence-corrected chi connectivity index (χ3v) is 5.26. The highest BCUT2D eigenvalue weighted by Crippen LogP contribution is 2.34. The Morgan fingerprint density at radius 2 is 2.00 bits per heavy atom. The van der Waals surface area contributed by atoms with Crippen molar-refractivity contribution in [2.75, 3.05) is 23.9 Å². The van der Waals surface area contributed by atoms with Gasteiger partial charge in [-0.25, -0.2) is 4.79 Å². The number of rotatable bonds is 5. The van der Waals surface area contributed by atoms with Gasteiger partial charge in [-0.1, -0.05) is 6.07 Å². The Labute approximate surface area is 175 Å². The van der Waals surface area contributed by atoms with E-state index in [-0.39, 0.29) is 36.0 Å². The highest BCUT2D eigenvalue weighted by Gasteiger charge is 2.36. The molecule has 8 heteroatoms. The molecule has 2 amide bonds. The molecule has 2 aromatic rings. The van der Waals surface area contributed by atoms with E-state index in [1.54, 1.807) is 23.1 Å². The summed E-state index contributed by atoms with van der Waals surface area (Å²) in [6.45, 7) is 2.12. The van der Waals surface area contributed by atoms with Gasteiger partial charge in [0.05, 0.1) is 30.0 Å². The maximum absolute atomic E-state index is 12.7. The highest BCUT2D eigenvalue weighted by atomic mass is 127. The summed E-state index contributed by atoms with van der Waals surface area (Å²) in [5.74, 6) is -1.71. The number of nitrogens with zero attached hydrogens (tertiary/aromatic N) is 1. The van der Waals surface area contributed by atoms with Crippen LogP contribution in [0, 0.1) is 16.4 Å². The van der Waals surface area contributed by atoms with E-state index in [1.807, 2.05) is 41.6 Å². The van der Waals surface area contributed by atoms with E-state index < -0.39 is 11.9 Å². The second kappa shape index (κ2) is 8.17. The summed E-state index contributed by atoms with van der Waals surface area (Å²) in [5.41, 5.74) is 1.84. The molecule has 1 aliphatic heterocycles. The van der Waals surface area contributed by atoms with Gasteiger partial charge in [-0.2, -0.15) is 0 Å². The second-order valence-corrected chi connectivity index (χ2v) is 7.81. The zero-order valence-electron chi connectivity index (χ0n) is 15.4. The van der Waals surface area contributed by atoms with E-state index in [4.69, 9.17) is 4.74 Å². The summed E-state index contributed by atoms with van der Waals surface area (Å²) in [6, 6.07) is 10.3. The van der Waals surface area contributed by atoms with Crippen LogP contribution in [0.5, 0.6) is 5.75 Å². The van der Waals surface area contributed by atoms with Gasteiger partial charge in [-0.05, 0) is 65.4 Å². The summed E-state index contributed by atoms with van der Waals surface area (Å²) in [7, 11) is 1.53. The number of nitrogens with one attached hydrogen (secondary N) is 1. The molecule has 3 rings (SSSR count). The fraction of sp³-hybridized carbons (Fsp3) is 0.250. The number of ether oxygens (including phenoxy) is 1. The van der Waals surface area contributed by atoms with Gasteiger partial charge in [0, 0.05) is 16.5 Å². The van der Waals surface area contributed by atoms with E-state index in [0.717, 1.165) is 9.13 Å². The molecule has 7 nitrogen and oxygen atoms in total. The molecule has 0 bridgehead atoms. The predicted octanol–water partition coefficient (Wildman–Crippen LogP) is 3.30. The standard InChI is InChI=1S/C20H19IN2O5/c1-11-3-6-17(28-2)16(7-11)23-10-12(8-18(23)24)19(25)22-15-5-4-13(21)9-14(15)20(26)27/h3-7,9,12H,8,10H2,1-2H3,(H,22,25)(H,26,27). The lowest BCUT2D eigenvalue weighted by atomic mass is 10.1. The lowest BCUT2D eigenvalue weighted by Gasteiger charge is -2.20. The van der Waals surface area contributed by atoms with Crippen molar-refractivity contribution < 1.29 is 24.2 Å². The predicted molar refractivity (Wildman–Crippen MR) is 113 cm³/mol. The van der Waals surface area contributed by atoms with Crippen LogP contribution in [0.25, 0.3) is 0 Å². The Balaban J connectivity index is 1.80. The fourth-order valence-corrected chi connectivity index (χ4v) is 3.66. The molecule has 1 aliphatic rings. The van der Waals surface area contributed by atoms with Crippen LogP contribution in [0.4, 0.5) is 11.4 Å². The molecule has 1 saturated heterocycles. The van der Waals surface area contributed by atoms with Crippen molar-refractivity contribution in [3.63, 3.8) is 0 Å². The summed E-state index contributed by atoms with van der Waals surface area (Å²) in [5, 5.41) is 12.0. The molecule has 146 valence electrons. The maximum Gasteiger partial charge on any atom is 0.337 e. The number of hydrogen-bond donors (Lipinski definition) is 2. The Morgan fingerprint density at radius 1 is 1.25 bits per heavy atom. The summed E-state index contributed by atoms with van der Waals surface area (Å²) in [4.78, 5) is 38.2. The van der Waals surface area contributed by atoms with Gasteiger partial charge in [0.15, 0.2) is 0 Å². The molecule has 0 aliphatic carbocycles. The van der Waals surface area contributed by atoms with Crippen molar-refractivity contribution in [1.29, 1.82) is 0 Å². The van der Waals surface area contributed by atoms with Crippen molar-refractivity contribution in [2.24, 2.45) is 5.92 Å². The van der Waals surface area contributed by atoms with Crippen molar-refractivity contribution in [3.05, 3.63) is 51.1 Å². The van der Waals surface area contributed by atoms with Crippen LogP contribution in [0.15, 0.2) is 36.4 Å². The number of benzene rings is 2. The SMILES string of the molecule is COc1ccc(C)cc1N1CC(C(=O)Nc2ccc(I)cc2C(=O)O)CC1=O. The van der Waals surface area contributed by atoms with Crippen molar-refractivity contribution in [2.45, 2.75) is 13.3 Å². The third kappa shape index (κ3) is 4.11. The van der Waals surface area contributed by atoms with E-state index in [1.165, 1.54) is 13.2 Å². The zero-order chi connectivity index (χ0) is 20.4. The first kappa shape index (κ1) is 20.1. The van der Waals surface area contributed by atoms with E-state index >= 15 is 0 Å². The summed E-state index contributed by atoms with van der Waals surface area (Å²) in [6.07, 6.45) is 0.0513. The quantitative estimate of drug-likeness (QED) is 0.623. The molecular weight excluding hydrogens is 475 g/mol. The summed E-state index contributed by atoms with van der Waals surface area (Å²) < 4.78 is 6.10. The molecule has 0 aromatic heterocycles. The van der Waals surface area contributed by atoms with E-state index in [9.17, 15) is 19.5 Å². The van der Waals surface area contributed by atoms with Crippen LogP contribution in [-0.4, -0.2) is 36.5 Å². The Kier molecular flexibility index (Phi) is 5.87. The molecular formula is C20H19IN2O5. The van der Waals surface area contributed by atoms with E-state index in [0.29, 0.717) is 11.4 Å². The number of carbonyl (C=O) groups excluding carboxylic acids is 2. The number of carbonyl (C=O) groups is 3. The first-order valence-electron chi connectivity index (χ1n) is 8.59. The molecule has 1 unspecified atom stereocenters. The van der Waals surface area contributed by atoms with Crippen LogP contribution in [0.3, 0.4) is 0 Å². The van der Waals surface area contributed by atoms with E-state index in [2.05, 4.69) is 5.32 Å². The molecule has 0 radical (unpaired) electrons. The topological polar surface area (TPSA) is 95.9 Å². The minimum atomic E-state index is -1.12. The summed E-state index contributed by atoms with van der Waals surface area (Å²) >= 11 is 2.01. The van der Waals surface area contributed by atoms with Gasteiger partial charge in [0.25, 0.3) is 0 Å². The molecule has 1 fully saturated rings. The minimum absolute atomic E-state index is 0.0155. The lowest BCUT2D eigenvalue weighted by molar-refractivity contribution is -0.122. The van der Waals surface area contributed by atoms with Gasteiger partial charge in [-0.15, -0.1) is 0 Å².